The molecular formula is C15H18N2O3. The molecule has 1 N–H and O–H groups in total. The molecule has 1 aliphatic rings. The second kappa shape index (κ2) is 6.05. The summed E-state index contributed by atoms with van der Waals surface area (Å²) in [5, 5.41) is 13.2. The van der Waals surface area contributed by atoms with Gasteiger partial charge in [-0.1, -0.05) is 17.3 Å². The van der Waals surface area contributed by atoms with Gasteiger partial charge in [0.25, 0.3) is 0 Å². The lowest BCUT2D eigenvalue weighted by atomic mass is 10.1. The van der Waals surface area contributed by atoms with Crippen molar-refractivity contribution in [3.8, 4) is 5.75 Å². The molecule has 1 fully saturated rings. The number of hydrogen-bond acceptors (Lipinski definition) is 5. The standard InChI is InChI=1S/C15H18N2O3/c18-12-6-3-11(4-7-12)5-8-15-16-14(17-20-15)10-13-2-1-9-19-13/h3-4,6-7,13,18H,1-2,5,8-10H2. The van der Waals surface area contributed by atoms with Crippen molar-refractivity contribution < 1.29 is 14.4 Å². The lowest BCUT2D eigenvalue weighted by Crippen LogP contribution is -2.09. The molecule has 0 aliphatic carbocycles. The molecule has 0 saturated carbocycles. The molecular weight excluding hydrogens is 256 g/mol. The normalized spacial score (nSPS) is 18.5. The summed E-state index contributed by atoms with van der Waals surface area (Å²) in [6.07, 6.45) is 4.72. The maximum atomic E-state index is 9.23. The average molecular weight is 274 g/mol. The average Bonchev–Trinajstić information content (AvgIpc) is 3.11. The van der Waals surface area contributed by atoms with E-state index in [2.05, 4.69) is 10.1 Å². The number of rotatable bonds is 5. The Kier molecular flexibility index (Phi) is 3.97. The van der Waals surface area contributed by atoms with Crippen LogP contribution in [0.3, 0.4) is 0 Å². The van der Waals surface area contributed by atoms with Gasteiger partial charge in [-0.3, -0.25) is 0 Å². The smallest absolute Gasteiger partial charge is 0.226 e. The summed E-state index contributed by atoms with van der Waals surface area (Å²) < 4.78 is 10.8. The number of ether oxygens (including phenoxy) is 1. The number of phenols is 1. The largest absolute Gasteiger partial charge is 0.508 e. The van der Waals surface area contributed by atoms with Crippen LogP contribution in [0, 0.1) is 0 Å². The Balaban J connectivity index is 1.52. The SMILES string of the molecule is Oc1ccc(CCc2nc(CC3CCCO3)no2)cc1. The van der Waals surface area contributed by atoms with Gasteiger partial charge in [0, 0.05) is 19.4 Å². The highest BCUT2D eigenvalue weighted by Crippen LogP contribution is 2.16. The maximum Gasteiger partial charge on any atom is 0.226 e. The van der Waals surface area contributed by atoms with Crippen LogP contribution in [0.15, 0.2) is 28.8 Å². The van der Waals surface area contributed by atoms with E-state index >= 15 is 0 Å². The number of aryl methyl sites for hydroxylation is 2. The van der Waals surface area contributed by atoms with E-state index in [1.165, 1.54) is 0 Å². The molecule has 1 aromatic heterocycles. The molecule has 2 heterocycles. The molecule has 3 rings (SSSR count). The predicted molar refractivity (Wildman–Crippen MR) is 72.5 cm³/mol. The van der Waals surface area contributed by atoms with Crippen LogP contribution in [0.5, 0.6) is 5.75 Å². The van der Waals surface area contributed by atoms with Crippen molar-refractivity contribution in [1.29, 1.82) is 0 Å². The third kappa shape index (κ3) is 3.36. The monoisotopic (exact) mass is 274 g/mol. The van der Waals surface area contributed by atoms with Gasteiger partial charge in [0.1, 0.15) is 5.75 Å². The van der Waals surface area contributed by atoms with E-state index in [9.17, 15) is 5.11 Å². The van der Waals surface area contributed by atoms with E-state index in [0.717, 1.165) is 43.7 Å². The van der Waals surface area contributed by atoms with Gasteiger partial charge in [0.2, 0.25) is 5.89 Å². The summed E-state index contributed by atoms with van der Waals surface area (Å²) in [4.78, 5) is 4.40. The van der Waals surface area contributed by atoms with E-state index in [1.54, 1.807) is 12.1 Å². The highest BCUT2D eigenvalue weighted by molar-refractivity contribution is 5.26. The Bertz CT molecular complexity index is 545. The molecule has 2 aromatic rings. The highest BCUT2D eigenvalue weighted by Gasteiger charge is 2.18. The topological polar surface area (TPSA) is 68.4 Å². The van der Waals surface area contributed by atoms with E-state index in [0.29, 0.717) is 12.3 Å². The minimum absolute atomic E-state index is 0.248. The number of aromatic nitrogens is 2. The lowest BCUT2D eigenvalue weighted by molar-refractivity contribution is 0.109. The summed E-state index contributed by atoms with van der Waals surface area (Å²) in [5.74, 6) is 1.68. The number of benzene rings is 1. The Hall–Kier alpha value is -1.88. The van der Waals surface area contributed by atoms with Gasteiger partial charge in [0.15, 0.2) is 5.82 Å². The van der Waals surface area contributed by atoms with E-state index in [1.807, 2.05) is 12.1 Å². The third-order valence-corrected chi connectivity index (χ3v) is 3.51. The van der Waals surface area contributed by atoms with Crippen molar-refractivity contribution in [2.45, 2.75) is 38.2 Å². The zero-order valence-corrected chi connectivity index (χ0v) is 11.3. The van der Waals surface area contributed by atoms with Crippen LogP contribution in [0.25, 0.3) is 0 Å². The third-order valence-electron chi connectivity index (χ3n) is 3.51. The minimum atomic E-state index is 0.248. The van der Waals surface area contributed by atoms with Gasteiger partial charge in [-0.15, -0.1) is 0 Å². The van der Waals surface area contributed by atoms with Gasteiger partial charge < -0.3 is 14.4 Å². The summed E-state index contributed by atoms with van der Waals surface area (Å²) in [7, 11) is 0. The van der Waals surface area contributed by atoms with Crippen LogP contribution < -0.4 is 0 Å². The van der Waals surface area contributed by atoms with Crippen LogP contribution in [0.2, 0.25) is 0 Å². The molecule has 1 aliphatic heterocycles. The first-order chi connectivity index (χ1) is 9.79. The van der Waals surface area contributed by atoms with Crippen molar-refractivity contribution in [3.05, 3.63) is 41.5 Å². The van der Waals surface area contributed by atoms with Crippen molar-refractivity contribution in [2.24, 2.45) is 0 Å². The van der Waals surface area contributed by atoms with Gasteiger partial charge >= 0.3 is 0 Å². The van der Waals surface area contributed by atoms with Crippen LogP contribution >= 0.6 is 0 Å². The first-order valence-corrected chi connectivity index (χ1v) is 7.00. The van der Waals surface area contributed by atoms with Crippen molar-refractivity contribution in [2.75, 3.05) is 6.61 Å². The molecule has 1 unspecified atom stereocenters. The first kappa shape index (κ1) is 13.1. The predicted octanol–water partition coefficient (Wildman–Crippen LogP) is 2.28. The summed E-state index contributed by atoms with van der Waals surface area (Å²) in [6.45, 7) is 0.843. The van der Waals surface area contributed by atoms with Crippen LogP contribution in [0.4, 0.5) is 0 Å². The van der Waals surface area contributed by atoms with Crippen molar-refractivity contribution in [3.63, 3.8) is 0 Å². The molecule has 1 saturated heterocycles. The quantitative estimate of drug-likeness (QED) is 0.906. The van der Waals surface area contributed by atoms with Gasteiger partial charge in [-0.25, -0.2) is 0 Å². The zero-order valence-electron chi connectivity index (χ0n) is 11.3. The summed E-state index contributed by atoms with van der Waals surface area (Å²) in [6, 6.07) is 7.18. The molecule has 0 amide bonds. The molecule has 20 heavy (non-hydrogen) atoms. The molecule has 1 aromatic carbocycles. The van der Waals surface area contributed by atoms with Crippen LogP contribution in [-0.2, 0) is 24.0 Å². The van der Waals surface area contributed by atoms with Gasteiger partial charge in [0.05, 0.1) is 6.10 Å². The van der Waals surface area contributed by atoms with Crippen molar-refractivity contribution >= 4 is 0 Å². The molecule has 1 atom stereocenters. The van der Waals surface area contributed by atoms with Crippen molar-refractivity contribution in [1.82, 2.24) is 10.1 Å². The number of hydrogen-bond donors (Lipinski definition) is 1. The lowest BCUT2D eigenvalue weighted by Gasteiger charge is -2.03. The fourth-order valence-corrected chi connectivity index (χ4v) is 2.40. The Morgan fingerprint density at radius 1 is 1.20 bits per heavy atom. The molecule has 0 spiro atoms. The fraction of sp³-hybridized carbons (Fsp3) is 0.467. The Morgan fingerprint density at radius 3 is 2.80 bits per heavy atom. The Morgan fingerprint density at radius 2 is 2.05 bits per heavy atom. The molecule has 0 radical (unpaired) electrons. The Labute approximate surface area is 117 Å². The van der Waals surface area contributed by atoms with Gasteiger partial charge in [-0.05, 0) is 37.0 Å². The number of nitrogens with zero attached hydrogens (tertiary/aromatic N) is 2. The van der Waals surface area contributed by atoms with E-state index in [4.69, 9.17) is 9.26 Å². The fourth-order valence-electron chi connectivity index (χ4n) is 2.40. The zero-order chi connectivity index (χ0) is 13.8. The van der Waals surface area contributed by atoms with Crippen LogP contribution in [-0.4, -0.2) is 28.0 Å². The molecule has 106 valence electrons. The van der Waals surface area contributed by atoms with Gasteiger partial charge in [-0.2, -0.15) is 4.98 Å². The molecule has 0 bridgehead atoms. The summed E-state index contributed by atoms with van der Waals surface area (Å²) in [5.41, 5.74) is 1.14. The van der Waals surface area contributed by atoms with E-state index in [-0.39, 0.29) is 11.9 Å². The molecule has 5 nitrogen and oxygen atoms in total. The van der Waals surface area contributed by atoms with E-state index < -0.39 is 0 Å². The summed E-state index contributed by atoms with van der Waals surface area (Å²) >= 11 is 0. The molecule has 5 heteroatoms. The minimum Gasteiger partial charge on any atom is -0.508 e. The highest BCUT2D eigenvalue weighted by atomic mass is 16.5. The first-order valence-electron chi connectivity index (χ1n) is 7.00. The van der Waals surface area contributed by atoms with Crippen LogP contribution in [0.1, 0.15) is 30.1 Å². The maximum absolute atomic E-state index is 9.23. The number of aromatic hydroxyl groups is 1. The second-order valence-corrected chi connectivity index (χ2v) is 5.11. The second-order valence-electron chi connectivity index (χ2n) is 5.11. The number of phenolic OH excluding ortho intramolecular Hbond substituents is 1.